The Labute approximate surface area is 194 Å². The van der Waals surface area contributed by atoms with Gasteiger partial charge in [0.15, 0.2) is 0 Å². The molecule has 1 aromatic heterocycles. The third kappa shape index (κ3) is 4.20. The first-order valence-corrected chi connectivity index (χ1v) is 13.3. The Morgan fingerprint density at radius 1 is 1.15 bits per heavy atom. The third-order valence-electron chi connectivity index (χ3n) is 7.77. The average Bonchev–Trinajstić information content (AvgIpc) is 3.24. The maximum Gasteiger partial charge on any atom is 0.312 e. The predicted molar refractivity (Wildman–Crippen MR) is 123 cm³/mol. The molecule has 0 amide bonds. The first kappa shape index (κ1) is 22.2. The van der Waals surface area contributed by atoms with Crippen molar-refractivity contribution in [3.63, 3.8) is 0 Å². The van der Waals surface area contributed by atoms with Gasteiger partial charge in [-0.2, -0.15) is 5.26 Å². The largest absolute Gasteiger partial charge is 0.408 e. The van der Waals surface area contributed by atoms with Crippen molar-refractivity contribution in [1.29, 1.82) is 5.26 Å². The van der Waals surface area contributed by atoms with Gasteiger partial charge in [0.05, 0.1) is 22.1 Å². The van der Waals surface area contributed by atoms with Gasteiger partial charge in [-0.15, -0.1) is 5.10 Å². The molecule has 2 aromatic rings. The monoisotopic (exact) mass is 470 g/mol. The van der Waals surface area contributed by atoms with Crippen LogP contribution in [-0.4, -0.2) is 37.7 Å². The van der Waals surface area contributed by atoms with Crippen LogP contribution in [0.25, 0.3) is 0 Å². The second kappa shape index (κ2) is 8.61. The molecule has 1 aliphatic heterocycles. The molecule has 2 atom stereocenters. The fourth-order valence-electron chi connectivity index (χ4n) is 5.83. The summed E-state index contributed by atoms with van der Waals surface area (Å²) >= 11 is 0. The lowest BCUT2D eigenvalue weighted by atomic mass is 9.58. The number of aromatic nitrogens is 2. The number of nitrogens with zero attached hydrogens (tertiary/aromatic N) is 4. The van der Waals surface area contributed by atoms with Gasteiger partial charge in [-0.3, -0.25) is 0 Å². The molecule has 176 valence electrons. The van der Waals surface area contributed by atoms with Gasteiger partial charge >= 0.3 is 6.01 Å². The Hall–Kier alpha value is -2.64. The molecule has 5 rings (SSSR count). The zero-order chi connectivity index (χ0) is 23.1. The van der Waals surface area contributed by atoms with Gasteiger partial charge in [-0.1, -0.05) is 24.4 Å². The van der Waals surface area contributed by atoms with Crippen LogP contribution in [0.5, 0.6) is 0 Å². The van der Waals surface area contributed by atoms with Crippen LogP contribution in [0.15, 0.2) is 27.5 Å². The summed E-state index contributed by atoms with van der Waals surface area (Å²) in [6, 6.07) is 7.10. The van der Waals surface area contributed by atoms with Crippen molar-refractivity contribution in [2.75, 3.05) is 23.7 Å². The van der Waals surface area contributed by atoms with Gasteiger partial charge in [0.1, 0.15) is 6.07 Å². The molecule has 1 aromatic carbocycles. The van der Waals surface area contributed by atoms with Crippen molar-refractivity contribution >= 4 is 21.7 Å². The van der Waals surface area contributed by atoms with Gasteiger partial charge in [0.25, 0.3) is 0 Å². The first-order valence-electron chi connectivity index (χ1n) is 11.8. The summed E-state index contributed by atoms with van der Waals surface area (Å²) in [5, 5.41) is 17.6. The van der Waals surface area contributed by atoms with Crippen LogP contribution in [0.4, 0.5) is 11.7 Å². The molecule has 2 saturated carbocycles. The average molecular weight is 471 g/mol. The second-order valence-electron chi connectivity index (χ2n) is 9.69. The molecule has 0 radical (unpaired) electrons. The highest BCUT2D eigenvalue weighted by atomic mass is 32.2. The van der Waals surface area contributed by atoms with Crippen molar-refractivity contribution in [2.45, 2.75) is 74.6 Å². The summed E-state index contributed by atoms with van der Waals surface area (Å²) in [5.74, 6) is 0.515. The van der Waals surface area contributed by atoms with E-state index in [1.54, 1.807) is 12.1 Å². The molecule has 1 saturated heterocycles. The summed E-state index contributed by atoms with van der Waals surface area (Å²) in [6.45, 7) is 1.37. The number of hydrogen-bond donors (Lipinski definition) is 2. The van der Waals surface area contributed by atoms with Crippen LogP contribution in [0.2, 0.25) is 0 Å². The van der Waals surface area contributed by atoms with E-state index in [0.717, 1.165) is 57.2 Å². The molecule has 9 nitrogen and oxygen atoms in total. The minimum absolute atomic E-state index is 0.0140. The zero-order valence-corrected chi connectivity index (χ0v) is 19.5. The van der Waals surface area contributed by atoms with Crippen LogP contribution in [-0.2, 0) is 10.0 Å². The SMILES string of the molecule is N#Cc1cc(S(=O)(=O)NC2CCCCC23CCC3)ccc1N1CCCC(c2nnc(N)o2)C1. The van der Waals surface area contributed by atoms with E-state index in [2.05, 4.69) is 25.9 Å². The fraction of sp³-hybridized carbons (Fsp3) is 0.609. The molecule has 10 heteroatoms. The fourth-order valence-corrected chi connectivity index (χ4v) is 7.23. The van der Waals surface area contributed by atoms with E-state index >= 15 is 0 Å². The maximum absolute atomic E-state index is 13.2. The molecule has 1 spiro atoms. The molecular weight excluding hydrogens is 440 g/mol. The summed E-state index contributed by atoms with van der Waals surface area (Å²) in [5.41, 5.74) is 6.78. The molecule has 2 heterocycles. The van der Waals surface area contributed by atoms with Crippen LogP contribution in [0.3, 0.4) is 0 Å². The number of nitrogens with two attached hydrogens (primary N) is 1. The minimum Gasteiger partial charge on any atom is -0.408 e. The van der Waals surface area contributed by atoms with Crippen molar-refractivity contribution in [3.05, 3.63) is 29.7 Å². The molecule has 3 N–H and O–H groups in total. The van der Waals surface area contributed by atoms with E-state index in [9.17, 15) is 13.7 Å². The lowest BCUT2D eigenvalue weighted by Gasteiger charge is -2.50. The number of benzene rings is 1. The van der Waals surface area contributed by atoms with E-state index in [4.69, 9.17) is 10.2 Å². The summed E-state index contributed by atoms with van der Waals surface area (Å²) in [4.78, 5) is 2.24. The van der Waals surface area contributed by atoms with Gasteiger partial charge in [-0.05, 0) is 62.1 Å². The Morgan fingerprint density at radius 2 is 1.97 bits per heavy atom. The van der Waals surface area contributed by atoms with Crippen LogP contribution < -0.4 is 15.4 Å². The number of piperidine rings is 1. The van der Waals surface area contributed by atoms with Crippen LogP contribution in [0.1, 0.15) is 75.2 Å². The van der Waals surface area contributed by atoms with E-state index in [-0.39, 0.29) is 28.3 Å². The Bertz CT molecular complexity index is 1170. The lowest BCUT2D eigenvalue weighted by molar-refractivity contribution is 0.0441. The standard InChI is InChI=1S/C23H30N6O3S/c24-14-17-13-18(33(30,31)28-20-6-1-2-9-23(20)10-4-11-23)7-8-19(17)29-12-3-5-16(15-29)21-26-27-22(25)32-21/h7-8,13,16,20,28H,1-6,9-12,15H2,(H2,25,27). The highest BCUT2D eigenvalue weighted by Gasteiger charge is 2.46. The smallest absolute Gasteiger partial charge is 0.312 e. The molecule has 2 aliphatic carbocycles. The van der Waals surface area contributed by atoms with Gasteiger partial charge in [0.2, 0.25) is 15.9 Å². The Balaban J connectivity index is 1.36. The number of rotatable bonds is 5. The van der Waals surface area contributed by atoms with Crippen LogP contribution in [0, 0.1) is 16.7 Å². The van der Waals surface area contributed by atoms with Crippen LogP contribution >= 0.6 is 0 Å². The number of nitrogen functional groups attached to an aromatic ring is 1. The minimum atomic E-state index is -3.71. The number of nitrogens with one attached hydrogen (secondary N) is 1. The normalized spacial score (nSPS) is 24.9. The highest BCUT2D eigenvalue weighted by molar-refractivity contribution is 7.89. The van der Waals surface area contributed by atoms with Crippen molar-refractivity contribution < 1.29 is 12.8 Å². The molecule has 3 fully saturated rings. The Kier molecular flexibility index (Phi) is 5.79. The number of hydrogen-bond acceptors (Lipinski definition) is 8. The number of sulfonamides is 1. The summed E-state index contributed by atoms with van der Waals surface area (Å²) < 4.78 is 34.9. The van der Waals surface area contributed by atoms with Gasteiger partial charge < -0.3 is 15.1 Å². The number of nitriles is 1. The maximum atomic E-state index is 13.2. The van der Waals surface area contributed by atoms with E-state index in [1.165, 1.54) is 18.9 Å². The first-order chi connectivity index (χ1) is 15.9. The van der Waals surface area contributed by atoms with Crippen molar-refractivity contribution in [3.8, 4) is 6.07 Å². The third-order valence-corrected chi connectivity index (χ3v) is 9.24. The Morgan fingerprint density at radius 3 is 2.67 bits per heavy atom. The van der Waals surface area contributed by atoms with E-state index in [1.807, 2.05) is 0 Å². The topological polar surface area (TPSA) is 138 Å². The second-order valence-corrected chi connectivity index (χ2v) is 11.4. The number of anilines is 2. The molecule has 3 aliphatic rings. The van der Waals surface area contributed by atoms with Gasteiger partial charge in [0, 0.05) is 19.1 Å². The van der Waals surface area contributed by atoms with Crippen molar-refractivity contribution in [1.82, 2.24) is 14.9 Å². The highest BCUT2D eigenvalue weighted by Crippen LogP contribution is 2.52. The van der Waals surface area contributed by atoms with E-state index in [0.29, 0.717) is 18.0 Å². The van der Waals surface area contributed by atoms with E-state index < -0.39 is 10.0 Å². The molecule has 0 bridgehead atoms. The lowest BCUT2D eigenvalue weighted by Crippen LogP contribution is -2.52. The summed E-state index contributed by atoms with van der Waals surface area (Å²) in [6.07, 6.45) is 9.38. The molecule has 2 unspecified atom stereocenters. The molecular formula is C23H30N6O3S. The van der Waals surface area contributed by atoms with Gasteiger partial charge in [-0.25, -0.2) is 13.1 Å². The zero-order valence-electron chi connectivity index (χ0n) is 18.7. The predicted octanol–water partition coefficient (Wildman–Crippen LogP) is 3.30. The quantitative estimate of drug-likeness (QED) is 0.679. The summed E-state index contributed by atoms with van der Waals surface area (Å²) in [7, 11) is -3.71. The van der Waals surface area contributed by atoms with Crippen molar-refractivity contribution in [2.24, 2.45) is 5.41 Å². The molecule has 33 heavy (non-hydrogen) atoms.